The lowest BCUT2D eigenvalue weighted by atomic mass is 10.0. The van der Waals surface area contributed by atoms with Crippen molar-refractivity contribution in [2.45, 2.75) is 32.4 Å². The molecule has 4 aromatic rings. The molecule has 4 aromatic carbocycles. The Kier molecular flexibility index (Phi) is 9.08. The second-order valence-electron chi connectivity index (χ2n) is 9.26. The van der Waals surface area contributed by atoms with Crippen LogP contribution in [-0.4, -0.2) is 29.8 Å². The Balaban J connectivity index is 1.64. The van der Waals surface area contributed by atoms with Crippen molar-refractivity contribution in [2.24, 2.45) is 0 Å². The van der Waals surface area contributed by atoms with Crippen LogP contribution in [0, 0.1) is 0 Å². The molecule has 3 nitrogen and oxygen atoms in total. The van der Waals surface area contributed by atoms with E-state index in [9.17, 15) is 23.1 Å². The summed E-state index contributed by atoms with van der Waals surface area (Å²) in [6, 6.07) is 33.7. The highest BCUT2D eigenvalue weighted by atomic mass is 31.2. The highest BCUT2D eigenvalue weighted by molar-refractivity contribution is 7.95. The van der Waals surface area contributed by atoms with Gasteiger partial charge in [-0.25, -0.2) is 0 Å². The lowest BCUT2D eigenvalue weighted by molar-refractivity contribution is -0.0886. The normalized spacial score (nSPS) is 11.8. The van der Waals surface area contributed by atoms with Gasteiger partial charge in [-0.2, -0.15) is 13.2 Å². The van der Waals surface area contributed by atoms with Gasteiger partial charge in [-0.1, -0.05) is 67.9 Å². The fraction of sp³-hybridized carbons (Fsp3) is 0.219. The number of ether oxygens (including phenoxy) is 1. The molecule has 0 aliphatic carbocycles. The Hall–Kier alpha value is -3.63. The van der Waals surface area contributed by atoms with Gasteiger partial charge in [0, 0.05) is 12.0 Å². The van der Waals surface area contributed by atoms with Crippen LogP contribution >= 0.6 is 7.26 Å². The first kappa shape index (κ1) is 28.4. The van der Waals surface area contributed by atoms with Crippen molar-refractivity contribution in [1.82, 2.24) is 0 Å². The number of halogens is 3. The van der Waals surface area contributed by atoms with E-state index in [0.717, 1.165) is 12.2 Å². The number of alkyl halides is 3. The molecule has 0 aliphatic heterocycles. The van der Waals surface area contributed by atoms with Crippen molar-refractivity contribution in [3.05, 3.63) is 114 Å². The Labute approximate surface area is 227 Å². The number of Topliss-reactive ketones (excluding diaryl/α,β-unsaturated/α-hetero) is 1. The van der Waals surface area contributed by atoms with Crippen LogP contribution < -0.4 is 20.7 Å². The molecule has 0 radical (unpaired) electrons. The van der Waals surface area contributed by atoms with Crippen LogP contribution in [0.25, 0.3) is 0 Å². The third-order valence-corrected chi connectivity index (χ3v) is 11.3. The van der Waals surface area contributed by atoms with Crippen molar-refractivity contribution >= 4 is 29.0 Å². The number of ketones is 1. The zero-order valence-corrected chi connectivity index (χ0v) is 22.6. The molecule has 0 aliphatic rings. The topological polar surface area (TPSA) is 46.5 Å². The maximum Gasteiger partial charge on any atom is 0.455 e. The molecule has 0 heterocycles. The third-order valence-electron chi connectivity index (χ3n) is 6.73. The summed E-state index contributed by atoms with van der Waals surface area (Å²) in [5.74, 6) is -2.42. The average molecular weight is 552 g/mol. The minimum Gasteiger partial charge on any atom is -0.507 e. The second-order valence-corrected chi connectivity index (χ2v) is 12.9. The number of benzene rings is 4. The van der Waals surface area contributed by atoms with Crippen LogP contribution in [0.15, 0.2) is 103 Å². The van der Waals surface area contributed by atoms with E-state index in [2.05, 4.69) is 72.8 Å². The number of carbonyl (C=O) groups excluding carboxylic acids is 1. The number of rotatable bonds is 11. The SMILES string of the molecule is CCCc1c(OCCC[P+](c2ccccc2)(c2ccccc2)c2ccccc2)ccc(C(=O)C(F)(F)F)c1O. The fourth-order valence-electron chi connectivity index (χ4n) is 4.95. The molecule has 0 atom stereocenters. The molecule has 0 bridgehead atoms. The lowest BCUT2D eigenvalue weighted by Gasteiger charge is -2.27. The number of phenols is 1. The minimum absolute atomic E-state index is 0.225. The summed E-state index contributed by atoms with van der Waals surface area (Å²) in [5.41, 5.74) is -0.525. The molecule has 202 valence electrons. The van der Waals surface area contributed by atoms with E-state index < -0.39 is 30.5 Å². The van der Waals surface area contributed by atoms with E-state index in [0.29, 0.717) is 25.2 Å². The van der Waals surface area contributed by atoms with E-state index in [1.54, 1.807) is 0 Å². The van der Waals surface area contributed by atoms with Crippen molar-refractivity contribution < 1.29 is 27.8 Å². The van der Waals surface area contributed by atoms with Crippen LogP contribution in [0.1, 0.15) is 35.7 Å². The predicted octanol–water partition coefficient (Wildman–Crippen LogP) is 6.85. The van der Waals surface area contributed by atoms with Gasteiger partial charge in [0.1, 0.15) is 34.7 Å². The maximum atomic E-state index is 13.0. The molecular formula is C32H31F3O3P+. The molecule has 0 saturated heterocycles. The molecule has 0 amide bonds. The van der Waals surface area contributed by atoms with E-state index >= 15 is 0 Å². The largest absolute Gasteiger partial charge is 0.507 e. The third kappa shape index (κ3) is 6.17. The molecule has 1 N–H and O–H groups in total. The molecule has 0 saturated carbocycles. The second kappa shape index (κ2) is 12.5. The summed E-state index contributed by atoms with van der Waals surface area (Å²) >= 11 is 0. The quantitative estimate of drug-likeness (QED) is 0.126. The Morgan fingerprint density at radius 3 is 1.72 bits per heavy atom. The Morgan fingerprint density at radius 2 is 1.28 bits per heavy atom. The first-order chi connectivity index (χ1) is 18.8. The maximum absolute atomic E-state index is 13.0. The lowest BCUT2D eigenvalue weighted by Crippen LogP contribution is -2.33. The number of carbonyl (C=O) groups is 1. The number of phenolic OH excluding ortho intramolecular Hbond substituents is 1. The number of aromatic hydroxyl groups is 1. The first-order valence-corrected chi connectivity index (χ1v) is 14.9. The molecule has 0 spiro atoms. The molecule has 4 rings (SSSR count). The summed E-state index contributed by atoms with van der Waals surface area (Å²) in [5, 5.41) is 14.3. The Bertz CT molecular complexity index is 1280. The van der Waals surface area contributed by atoms with Gasteiger partial charge in [0.2, 0.25) is 0 Å². The van der Waals surface area contributed by atoms with Crippen LogP contribution in [0.2, 0.25) is 0 Å². The zero-order valence-electron chi connectivity index (χ0n) is 21.7. The van der Waals surface area contributed by atoms with E-state index in [-0.39, 0.29) is 12.0 Å². The van der Waals surface area contributed by atoms with Crippen molar-refractivity contribution in [3.8, 4) is 11.5 Å². The average Bonchev–Trinajstić information content (AvgIpc) is 2.95. The van der Waals surface area contributed by atoms with Crippen LogP contribution in [0.4, 0.5) is 13.2 Å². The highest BCUT2D eigenvalue weighted by Crippen LogP contribution is 2.55. The smallest absolute Gasteiger partial charge is 0.455 e. The van der Waals surface area contributed by atoms with Gasteiger partial charge >= 0.3 is 6.18 Å². The van der Waals surface area contributed by atoms with E-state index in [1.807, 2.05) is 25.1 Å². The van der Waals surface area contributed by atoms with Gasteiger partial charge in [-0.15, -0.1) is 0 Å². The standard InChI is InChI=1S/C32H30F3O3P/c1-2-13-27-29(21-20-28(30(27)36)31(37)32(33,34)35)38-22-12-23-39(24-14-6-3-7-15-24,25-16-8-4-9-17-25)26-18-10-5-11-19-26/h3-11,14-21H,2,12-13,22-23H2,1H3/p+1. The van der Waals surface area contributed by atoms with Crippen LogP contribution in [0.3, 0.4) is 0 Å². The van der Waals surface area contributed by atoms with E-state index in [4.69, 9.17) is 4.74 Å². The summed E-state index contributed by atoms with van der Waals surface area (Å²) in [7, 11) is -2.05. The summed E-state index contributed by atoms with van der Waals surface area (Å²) in [4.78, 5) is 11.8. The monoisotopic (exact) mass is 551 g/mol. The van der Waals surface area contributed by atoms with Gasteiger partial charge in [0.15, 0.2) is 0 Å². The minimum atomic E-state index is -5.07. The van der Waals surface area contributed by atoms with Crippen molar-refractivity contribution in [2.75, 3.05) is 12.8 Å². The van der Waals surface area contributed by atoms with Crippen molar-refractivity contribution in [3.63, 3.8) is 0 Å². The fourth-order valence-corrected chi connectivity index (χ4v) is 9.26. The van der Waals surface area contributed by atoms with Gasteiger partial charge < -0.3 is 9.84 Å². The predicted molar refractivity (Wildman–Crippen MR) is 153 cm³/mol. The summed E-state index contributed by atoms with van der Waals surface area (Å²) in [6.07, 6.45) is -2.73. The summed E-state index contributed by atoms with van der Waals surface area (Å²) in [6.45, 7) is 2.15. The van der Waals surface area contributed by atoms with E-state index in [1.165, 1.54) is 22.0 Å². The Morgan fingerprint density at radius 1 is 0.795 bits per heavy atom. The molecule has 0 unspecified atom stereocenters. The van der Waals surface area contributed by atoms with Gasteiger partial charge in [-0.05, 0) is 55.0 Å². The van der Waals surface area contributed by atoms with Crippen molar-refractivity contribution in [1.29, 1.82) is 0 Å². The number of hydrogen-bond donors (Lipinski definition) is 1. The summed E-state index contributed by atoms with van der Waals surface area (Å²) < 4.78 is 45.1. The first-order valence-electron chi connectivity index (χ1n) is 12.9. The molecule has 0 aromatic heterocycles. The van der Waals surface area contributed by atoms with Gasteiger partial charge in [-0.3, -0.25) is 4.79 Å². The van der Waals surface area contributed by atoms with Crippen LogP contribution in [0.5, 0.6) is 11.5 Å². The van der Waals surface area contributed by atoms with Crippen LogP contribution in [-0.2, 0) is 6.42 Å². The van der Waals surface area contributed by atoms with Gasteiger partial charge in [0.25, 0.3) is 5.78 Å². The van der Waals surface area contributed by atoms with Gasteiger partial charge in [0.05, 0.1) is 18.3 Å². The molecule has 39 heavy (non-hydrogen) atoms. The number of hydrogen-bond acceptors (Lipinski definition) is 3. The highest BCUT2D eigenvalue weighted by Gasteiger charge is 2.45. The molecular weight excluding hydrogens is 520 g/mol. The zero-order chi connectivity index (χ0) is 27.9. The molecule has 0 fully saturated rings. The molecule has 7 heteroatoms.